The molecule has 2 aromatic rings. The Bertz CT molecular complexity index is 1230. The van der Waals surface area contributed by atoms with Crippen molar-refractivity contribution < 1.29 is 37.3 Å². The number of amides is 1. The van der Waals surface area contributed by atoms with Crippen LogP contribution in [0, 0.1) is 5.41 Å². The Balaban J connectivity index is 0.00000405. The van der Waals surface area contributed by atoms with Crippen molar-refractivity contribution in [3.63, 3.8) is 0 Å². The van der Waals surface area contributed by atoms with Gasteiger partial charge in [0.15, 0.2) is 0 Å². The maximum absolute atomic E-state index is 13.8. The van der Waals surface area contributed by atoms with Crippen LogP contribution in [0.2, 0.25) is 0 Å². The van der Waals surface area contributed by atoms with Crippen molar-refractivity contribution in [1.29, 1.82) is 0 Å². The van der Waals surface area contributed by atoms with Gasteiger partial charge in [-0.2, -0.15) is 13.2 Å². The van der Waals surface area contributed by atoms with Gasteiger partial charge >= 0.3 is 12.1 Å². The van der Waals surface area contributed by atoms with Crippen LogP contribution < -0.4 is 10.1 Å². The Labute approximate surface area is 248 Å². The highest BCUT2D eigenvalue weighted by Crippen LogP contribution is 2.40. The Morgan fingerprint density at radius 3 is 2.69 bits per heavy atom. The maximum Gasteiger partial charge on any atom is 0.406 e. The number of ether oxygens (including phenoxy) is 2. The molecule has 1 atom stereocenters. The minimum atomic E-state index is -4.63. The molecule has 0 saturated carbocycles. The number of morpholine rings is 1. The number of carbonyl (C=O) groups is 2. The first-order chi connectivity index (χ1) is 19.6. The molecule has 3 aliphatic heterocycles. The summed E-state index contributed by atoms with van der Waals surface area (Å²) in [6.07, 6.45) is -1.43. The van der Waals surface area contributed by atoms with Crippen LogP contribution in [0.3, 0.4) is 0 Å². The standard InChI is InChI=1S/C28H36F3N5O5.ClH/c29-28(30,31)19-36-17-21-14-23(41-11-4-22-18-35-7-1-6-32-26(35)33-22)3-2-20(21)15-27(25(36)39,16-24(37)38)5-8-34-9-12-40-13-10-34;/h2-3,14,18H,1,4-13,15-17,19H2,(H,32,33)(H,37,38);1H/t27-;/m1./s1. The van der Waals surface area contributed by atoms with E-state index in [0.717, 1.165) is 36.1 Å². The monoisotopic (exact) mass is 615 g/mol. The third-order valence-electron chi connectivity index (χ3n) is 7.99. The van der Waals surface area contributed by atoms with Crippen LogP contribution in [-0.4, -0.2) is 95.1 Å². The van der Waals surface area contributed by atoms with Crippen molar-refractivity contribution in [3.05, 3.63) is 41.2 Å². The minimum Gasteiger partial charge on any atom is -0.493 e. The lowest BCUT2D eigenvalue weighted by Crippen LogP contribution is -2.49. The molecule has 3 aliphatic rings. The molecule has 0 spiro atoms. The van der Waals surface area contributed by atoms with Crippen LogP contribution in [-0.2, 0) is 40.3 Å². The molecule has 1 amide bonds. The van der Waals surface area contributed by atoms with Crippen molar-refractivity contribution >= 4 is 30.2 Å². The number of hydrogen-bond donors (Lipinski definition) is 2. The fourth-order valence-corrected chi connectivity index (χ4v) is 5.94. The number of nitrogens with zero attached hydrogens (tertiary/aromatic N) is 4. The topological polar surface area (TPSA) is 109 Å². The number of alkyl halides is 3. The number of carboxylic acids is 1. The highest BCUT2D eigenvalue weighted by Gasteiger charge is 2.48. The molecule has 2 N–H and O–H groups in total. The highest BCUT2D eigenvalue weighted by molar-refractivity contribution is 5.88. The largest absolute Gasteiger partial charge is 0.493 e. The molecule has 1 fully saturated rings. The van der Waals surface area contributed by atoms with E-state index in [1.807, 2.05) is 6.20 Å². The molecular formula is C28H37ClF3N5O5. The molecule has 5 rings (SSSR count). The van der Waals surface area contributed by atoms with Crippen LogP contribution in [0.4, 0.5) is 19.1 Å². The molecule has 0 bridgehead atoms. The number of nitrogens with one attached hydrogen (secondary N) is 1. The van der Waals surface area contributed by atoms with Crippen molar-refractivity contribution in [3.8, 4) is 5.75 Å². The number of hydrogen-bond acceptors (Lipinski definition) is 7. The zero-order valence-corrected chi connectivity index (χ0v) is 24.1. The first-order valence-electron chi connectivity index (χ1n) is 14.0. The van der Waals surface area contributed by atoms with Gasteiger partial charge in [0, 0.05) is 45.3 Å². The van der Waals surface area contributed by atoms with E-state index in [-0.39, 0.29) is 31.8 Å². The van der Waals surface area contributed by atoms with Gasteiger partial charge in [0.25, 0.3) is 0 Å². The molecule has 42 heavy (non-hydrogen) atoms. The van der Waals surface area contributed by atoms with Crippen LogP contribution in [0.25, 0.3) is 0 Å². The summed E-state index contributed by atoms with van der Waals surface area (Å²) < 4.78 is 54.3. The van der Waals surface area contributed by atoms with E-state index in [4.69, 9.17) is 9.47 Å². The molecule has 10 nitrogen and oxygen atoms in total. The summed E-state index contributed by atoms with van der Waals surface area (Å²) in [6, 6.07) is 5.15. The third-order valence-corrected chi connectivity index (χ3v) is 7.99. The van der Waals surface area contributed by atoms with Gasteiger partial charge in [-0.25, -0.2) is 4.98 Å². The second kappa shape index (κ2) is 13.5. The fraction of sp³-hybridized carbons (Fsp3) is 0.607. The lowest BCUT2D eigenvalue weighted by molar-refractivity contribution is -0.170. The van der Waals surface area contributed by atoms with E-state index in [9.17, 15) is 27.9 Å². The number of halogens is 4. The fourth-order valence-electron chi connectivity index (χ4n) is 5.94. The Hall–Kier alpha value is -3.03. The summed E-state index contributed by atoms with van der Waals surface area (Å²) in [4.78, 5) is 33.2. The molecule has 1 aromatic carbocycles. The molecular weight excluding hydrogens is 579 g/mol. The van der Waals surface area contributed by atoms with Crippen molar-refractivity contribution in [2.75, 3.05) is 57.9 Å². The number of anilines is 1. The van der Waals surface area contributed by atoms with Gasteiger partial charge in [0.05, 0.1) is 37.4 Å². The highest BCUT2D eigenvalue weighted by atomic mass is 35.5. The van der Waals surface area contributed by atoms with Gasteiger partial charge in [0.2, 0.25) is 11.9 Å². The zero-order chi connectivity index (χ0) is 29.0. The number of aryl methyl sites for hydroxylation is 1. The average molecular weight is 616 g/mol. The summed E-state index contributed by atoms with van der Waals surface area (Å²) in [5, 5.41) is 13.0. The molecule has 0 aliphatic carbocycles. The second-order valence-corrected chi connectivity index (χ2v) is 11.1. The number of carbonyl (C=O) groups excluding carboxylic acids is 1. The number of rotatable bonds is 10. The van der Waals surface area contributed by atoms with Gasteiger partial charge in [-0.15, -0.1) is 12.4 Å². The number of fused-ring (bicyclic) bond motifs is 2. The van der Waals surface area contributed by atoms with Gasteiger partial charge < -0.3 is 29.4 Å². The maximum atomic E-state index is 13.8. The molecule has 14 heteroatoms. The van der Waals surface area contributed by atoms with Gasteiger partial charge in [0.1, 0.15) is 12.3 Å². The second-order valence-electron chi connectivity index (χ2n) is 11.1. The first-order valence-corrected chi connectivity index (χ1v) is 14.0. The predicted octanol–water partition coefficient (Wildman–Crippen LogP) is 3.37. The number of imidazole rings is 1. The predicted molar refractivity (Wildman–Crippen MR) is 150 cm³/mol. The quantitative estimate of drug-likeness (QED) is 0.419. The van der Waals surface area contributed by atoms with Crippen molar-refractivity contribution in [2.24, 2.45) is 5.41 Å². The van der Waals surface area contributed by atoms with E-state index in [1.165, 1.54) is 0 Å². The number of benzene rings is 1. The van der Waals surface area contributed by atoms with E-state index in [1.54, 1.807) is 18.2 Å². The molecule has 232 valence electrons. The SMILES string of the molecule is Cl.O=C(O)C[C@@]1(CCN2CCOCC2)Cc2ccc(OCCc3cn4c(n3)NCCC4)cc2CN(CC(F)(F)F)C1=O. The molecule has 0 radical (unpaired) electrons. The molecule has 1 aromatic heterocycles. The smallest absolute Gasteiger partial charge is 0.406 e. The summed E-state index contributed by atoms with van der Waals surface area (Å²) in [5.74, 6) is -0.679. The third kappa shape index (κ3) is 7.87. The molecule has 4 heterocycles. The van der Waals surface area contributed by atoms with Crippen LogP contribution >= 0.6 is 12.4 Å². The van der Waals surface area contributed by atoms with Gasteiger partial charge in [-0.3, -0.25) is 14.5 Å². The van der Waals surface area contributed by atoms with Crippen molar-refractivity contribution in [1.82, 2.24) is 19.4 Å². The number of aliphatic carboxylic acids is 1. The summed E-state index contributed by atoms with van der Waals surface area (Å²) in [7, 11) is 0. The lowest BCUT2D eigenvalue weighted by atomic mass is 9.74. The van der Waals surface area contributed by atoms with E-state index in [2.05, 4.69) is 19.8 Å². The lowest BCUT2D eigenvalue weighted by Gasteiger charge is -2.36. The van der Waals surface area contributed by atoms with Gasteiger partial charge in [-0.05, 0) is 49.1 Å². The van der Waals surface area contributed by atoms with E-state index < -0.39 is 36.4 Å². The Morgan fingerprint density at radius 1 is 1.19 bits per heavy atom. The minimum absolute atomic E-state index is 0. The van der Waals surface area contributed by atoms with Crippen LogP contribution in [0.1, 0.15) is 36.1 Å². The Morgan fingerprint density at radius 2 is 1.98 bits per heavy atom. The van der Waals surface area contributed by atoms with Gasteiger partial charge in [-0.1, -0.05) is 6.07 Å². The normalized spacial score (nSPS) is 21.0. The summed E-state index contributed by atoms with van der Waals surface area (Å²) in [6.45, 7) is 3.07. The molecule has 1 saturated heterocycles. The Kier molecular flexibility index (Phi) is 10.3. The first kappa shape index (κ1) is 31.9. The van der Waals surface area contributed by atoms with Crippen LogP contribution in [0.5, 0.6) is 5.75 Å². The summed E-state index contributed by atoms with van der Waals surface area (Å²) in [5.41, 5.74) is 0.564. The summed E-state index contributed by atoms with van der Waals surface area (Å²) >= 11 is 0. The van der Waals surface area contributed by atoms with Crippen LogP contribution in [0.15, 0.2) is 24.4 Å². The molecule has 0 unspecified atom stereocenters. The van der Waals surface area contributed by atoms with E-state index in [0.29, 0.717) is 62.8 Å². The number of carboxylic acid groups (broad SMARTS) is 1. The average Bonchev–Trinajstić information content (AvgIpc) is 3.30. The zero-order valence-electron chi connectivity index (χ0n) is 23.3. The van der Waals surface area contributed by atoms with E-state index >= 15 is 0 Å². The van der Waals surface area contributed by atoms with Crippen molar-refractivity contribution in [2.45, 2.75) is 51.4 Å². The number of aromatic nitrogens is 2.